The van der Waals surface area contributed by atoms with Gasteiger partial charge in [-0.25, -0.2) is 4.79 Å². The minimum atomic E-state index is -2.73. The van der Waals surface area contributed by atoms with Crippen LogP contribution >= 0.6 is 8.25 Å². The average molecular weight is 268 g/mol. The molecule has 1 unspecified atom stereocenters. The maximum atomic E-state index is 10.6. The molecule has 0 aromatic carbocycles. The van der Waals surface area contributed by atoms with E-state index in [4.69, 9.17) is 20.1 Å². The van der Waals surface area contributed by atoms with Gasteiger partial charge in [-0.05, 0) is 27.7 Å². The second-order valence-electron chi connectivity index (χ2n) is 4.51. The van der Waals surface area contributed by atoms with E-state index in [9.17, 15) is 9.36 Å². The van der Waals surface area contributed by atoms with Gasteiger partial charge in [0.25, 0.3) is 0 Å². The second-order valence-corrected chi connectivity index (χ2v) is 5.17. The van der Waals surface area contributed by atoms with Gasteiger partial charge in [-0.3, -0.25) is 0 Å². The lowest BCUT2D eigenvalue weighted by Crippen LogP contribution is -2.34. The number of ether oxygens (including phenoxy) is 2. The molecule has 17 heavy (non-hydrogen) atoms. The lowest BCUT2D eigenvalue weighted by atomic mass is 10.1. The highest BCUT2D eigenvalue weighted by molar-refractivity contribution is 7.32. The van der Waals surface area contributed by atoms with E-state index in [1.807, 2.05) is 0 Å². The molecule has 0 spiro atoms. The Labute approximate surface area is 101 Å². The number of primary amides is 1. The number of hydrogen-bond donors (Lipinski definition) is 2. The van der Waals surface area contributed by atoms with Crippen LogP contribution < -0.4 is 5.73 Å². The van der Waals surface area contributed by atoms with E-state index < -0.39 is 25.7 Å². The van der Waals surface area contributed by atoms with Crippen LogP contribution in [-0.4, -0.2) is 29.0 Å². The first-order valence-corrected chi connectivity index (χ1v) is 6.15. The van der Waals surface area contributed by atoms with Gasteiger partial charge >= 0.3 is 14.3 Å². The van der Waals surface area contributed by atoms with Crippen LogP contribution in [0.15, 0.2) is 0 Å². The van der Waals surface area contributed by atoms with E-state index in [0.717, 1.165) is 0 Å². The highest BCUT2D eigenvalue weighted by Gasteiger charge is 2.32. The van der Waals surface area contributed by atoms with Crippen LogP contribution in [0.3, 0.4) is 0 Å². The molecular weight excluding hydrogens is 249 g/mol. The number of amides is 1. The van der Waals surface area contributed by atoms with Crippen LogP contribution in [0.5, 0.6) is 0 Å². The Kier molecular flexibility index (Phi) is 5.98. The number of hydrogen-bond acceptors (Lipinski definition) is 5. The molecule has 0 aliphatic carbocycles. The van der Waals surface area contributed by atoms with Crippen LogP contribution in [0, 0.1) is 0 Å². The molecule has 0 saturated heterocycles. The molecule has 7 nitrogen and oxygen atoms in total. The molecule has 0 rings (SSSR count). The molecule has 0 heterocycles. The van der Waals surface area contributed by atoms with Crippen LogP contribution in [-0.2, 0) is 18.6 Å². The Morgan fingerprint density at radius 1 is 1.35 bits per heavy atom. The van der Waals surface area contributed by atoms with Gasteiger partial charge < -0.3 is 15.2 Å². The van der Waals surface area contributed by atoms with Gasteiger partial charge in [-0.2, -0.15) is 0 Å². The molecule has 1 atom stereocenters. The molecule has 0 aliphatic heterocycles. The maximum absolute atomic E-state index is 10.6. The smallest absolute Gasteiger partial charge is 0.444 e. The van der Waals surface area contributed by atoms with E-state index >= 15 is 0 Å². The van der Waals surface area contributed by atoms with Gasteiger partial charge in [-0.1, -0.05) is 4.52 Å². The lowest BCUT2D eigenvalue weighted by Gasteiger charge is -2.25. The van der Waals surface area contributed by atoms with Crippen molar-refractivity contribution in [2.75, 3.05) is 6.61 Å². The minimum Gasteiger partial charge on any atom is -0.444 e. The van der Waals surface area contributed by atoms with Crippen molar-refractivity contribution in [2.24, 2.45) is 5.73 Å². The monoisotopic (exact) mass is 268 g/mol. The van der Waals surface area contributed by atoms with Crippen LogP contribution in [0.25, 0.3) is 0 Å². The van der Waals surface area contributed by atoms with Crippen LogP contribution in [0.4, 0.5) is 4.79 Å². The summed E-state index contributed by atoms with van der Waals surface area (Å²) in [6.45, 7) is 6.58. The molecule has 0 saturated carbocycles. The summed E-state index contributed by atoms with van der Waals surface area (Å²) in [5, 5.41) is 0. The van der Waals surface area contributed by atoms with Gasteiger partial charge in [0.15, 0.2) is 0 Å². The molecule has 0 aromatic heterocycles. The summed E-state index contributed by atoms with van der Waals surface area (Å²) in [6.07, 6.45) is -0.478. The average Bonchev–Trinajstić information content (AvgIpc) is 1.96. The van der Waals surface area contributed by atoms with E-state index in [0.29, 0.717) is 6.42 Å². The van der Waals surface area contributed by atoms with Gasteiger partial charge in [0.1, 0.15) is 5.60 Å². The quantitative estimate of drug-likeness (QED) is 0.537. The fourth-order valence-electron chi connectivity index (χ4n) is 1.08. The van der Waals surface area contributed by atoms with Gasteiger partial charge in [0, 0.05) is 11.0 Å². The zero-order chi connectivity index (χ0) is 13.7. The summed E-state index contributed by atoms with van der Waals surface area (Å²) in [5.41, 5.74) is 4.14. The molecule has 0 radical (unpaired) electrons. The standard InChI is InChI=1S/C9H18NO6P/c1-8(2,15-7(10)11)5-6-14-9(3,4)16-17(12)13/h5-6H2,1-4H3,(H2-,10,11,12,13)/p+1. The maximum Gasteiger partial charge on any atom is 0.697 e. The van der Waals surface area contributed by atoms with Crippen molar-refractivity contribution in [3.05, 3.63) is 0 Å². The topological polar surface area (TPSA) is 108 Å². The van der Waals surface area contributed by atoms with Crippen molar-refractivity contribution in [3.8, 4) is 0 Å². The normalized spacial score (nSPS) is 13.4. The lowest BCUT2D eigenvalue weighted by molar-refractivity contribution is -0.163. The Balaban J connectivity index is 4.05. The van der Waals surface area contributed by atoms with Crippen LogP contribution in [0.1, 0.15) is 34.1 Å². The van der Waals surface area contributed by atoms with Crippen molar-refractivity contribution in [3.63, 3.8) is 0 Å². The van der Waals surface area contributed by atoms with E-state index in [2.05, 4.69) is 4.52 Å². The SMILES string of the molecule is CC(C)(CCOC(C)(C)O[P+](=O)O)OC(N)=O. The summed E-state index contributed by atoms with van der Waals surface area (Å²) < 4.78 is 25.2. The first-order valence-electron chi connectivity index (χ1n) is 5.02. The Bertz CT molecular complexity index is 263. The van der Waals surface area contributed by atoms with Gasteiger partial charge in [0.2, 0.25) is 5.79 Å². The summed E-state index contributed by atoms with van der Waals surface area (Å²) in [6, 6.07) is 0. The number of rotatable bonds is 7. The Morgan fingerprint density at radius 2 is 1.88 bits per heavy atom. The zero-order valence-electron chi connectivity index (χ0n) is 10.4. The Hall–Kier alpha value is -0.750. The number of nitrogens with two attached hydrogens (primary N) is 1. The predicted octanol–water partition coefficient (Wildman–Crippen LogP) is 1.67. The third kappa shape index (κ3) is 9.00. The number of carbonyl (C=O) groups excluding carboxylic acids is 1. The fraction of sp³-hybridized carbons (Fsp3) is 0.889. The molecule has 0 fully saturated rings. The summed E-state index contributed by atoms with van der Waals surface area (Å²) in [7, 11) is -2.73. The van der Waals surface area contributed by atoms with Gasteiger partial charge in [-0.15, -0.1) is 4.89 Å². The summed E-state index contributed by atoms with van der Waals surface area (Å²) in [5.74, 6) is -1.18. The van der Waals surface area contributed by atoms with Crippen LogP contribution in [0.2, 0.25) is 0 Å². The molecule has 100 valence electrons. The van der Waals surface area contributed by atoms with Gasteiger partial charge in [0.05, 0.1) is 6.61 Å². The molecular formula is C9H19NO6P+. The number of carbonyl (C=O) groups is 1. The third-order valence-corrected chi connectivity index (χ3v) is 2.42. The van der Waals surface area contributed by atoms with Crippen molar-refractivity contribution in [2.45, 2.75) is 45.5 Å². The van der Waals surface area contributed by atoms with E-state index in [-0.39, 0.29) is 6.61 Å². The molecule has 3 N–H and O–H groups in total. The highest BCUT2D eigenvalue weighted by atomic mass is 31.1. The summed E-state index contributed by atoms with van der Waals surface area (Å²) >= 11 is 0. The first-order chi connectivity index (χ1) is 7.54. The van der Waals surface area contributed by atoms with Crippen molar-refractivity contribution in [1.29, 1.82) is 0 Å². The van der Waals surface area contributed by atoms with Crippen molar-refractivity contribution < 1.29 is 28.3 Å². The highest BCUT2D eigenvalue weighted by Crippen LogP contribution is 2.27. The fourth-order valence-corrected chi connectivity index (χ4v) is 1.51. The second kappa shape index (κ2) is 6.26. The third-order valence-electron chi connectivity index (χ3n) is 1.83. The first kappa shape index (κ1) is 16.2. The largest absolute Gasteiger partial charge is 0.697 e. The molecule has 0 aromatic rings. The Morgan fingerprint density at radius 3 is 2.29 bits per heavy atom. The molecule has 8 heteroatoms. The zero-order valence-corrected chi connectivity index (χ0v) is 11.3. The predicted molar refractivity (Wildman–Crippen MR) is 60.3 cm³/mol. The van der Waals surface area contributed by atoms with Crippen molar-refractivity contribution in [1.82, 2.24) is 0 Å². The molecule has 0 bridgehead atoms. The van der Waals surface area contributed by atoms with E-state index in [1.165, 1.54) is 13.8 Å². The van der Waals surface area contributed by atoms with Crippen molar-refractivity contribution >= 4 is 14.3 Å². The minimum absolute atomic E-state index is 0.191. The molecule has 0 aliphatic rings. The van der Waals surface area contributed by atoms with E-state index in [1.54, 1.807) is 13.8 Å². The molecule has 1 amide bonds. The summed E-state index contributed by atoms with van der Waals surface area (Å²) in [4.78, 5) is 19.2.